The molecule has 5 heteroatoms. The third kappa shape index (κ3) is 6.08. The highest BCUT2D eigenvalue weighted by Crippen LogP contribution is 2.24. The van der Waals surface area contributed by atoms with Crippen LogP contribution in [0.3, 0.4) is 0 Å². The molecule has 1 amide bonds. The van der Waals surface area contributed by atoms with Crippen LogP contribution in [0.4, 0.5) is 10.1 Å². The molecule has 1 aliphatic heterocycles. The second kappa shape index (κ2) is 9.90. The number of thioether (sulfide) groups is 1. The third-order valence-electron chi connectivity index (χ3n) is 5.10. The Morgan fingerprint density at radius 1 is 1.22 bits per heavy atom. The number of carbonyl (C=O) groups is 1. The number of nitrogens with zero attached hydrogens (tertiary/aromatic N) is 1. The monoisotopic (exact) mass is 386 g/mol. The molecule has 0 saturated carbocycles. The highest BCUT2D eigenvalue weighted by molar-refractivity contribution is 7.98. The fourth-order valence-corrected chi connectivity index (χ4v) is 4.04. The molecule has 0 aromatic heterocycles. The summed E-state index contributed by atoms with van der Waals surface area (Å²) >= 11 is 1.76. The quantitative estimate of drug-likeness (QED) is 0.666. The fourth-order valence-electron chi connectivity index (χ4n) is 3.63. The van der Waals surface area contributed by atoms with Crippen molar-refractivity contribution in [2.75, 3.05) is 24.7 Å². The maximum Gasteiger partial charge on any atom is 0.224 e. The van der Waals surface area contributed by atoms with Gasteiger partial charge >= 0.3 is 0 Å². The normalized spacial score (nSPS) is 17.6. The van der Waals surface area contributed by atoms with E-state index in [2.05, 4.69) is 40.7 Å². The number of piperidine rings is 1. The molecule has 3 nitrogen and oxygen atoms in total. The number of para-hydroxylation sites is 1. The Kier molecular flexibility index (Phi) is 7.30. The Morgan fingerprint density at radius 3 is 2.74 bits per heavy atom. The smallest absolute Gasteiger partial charge is 0.224 e. The molecule has 0 aliphatic carbocycles. The van der Waals surface area contributed by atoms with Crippen molar-refractivity contribution in [2.45, 2.75) is 37.1 Å². The van der Waals surface area contributed by atoms with Gasteiger partial charge in [-0.2, -0.15) is 0 Å². The minimum absolute atomic E-state index is 0.107. The lowest BCUT2D eigenvalue weighted by atomic mass is 9.93. The Hall–Kier alpha value is -1.85. The molecular weight excluding hydrogens is 359 g/mol. The van der Waals surface area contributed by atoms with Crippen LogP contribution in [0.25, 0.3) is 0 Å². The van der Waals surface area contributed by atoms with Crippen molar-refractivity contribution in [1.29, 1.82) is 0 Å². The van der Waals surface area contributed by atoms with Gasteiger partial charge in [0, 0.05) is 24.4 Å². The topological polar surface area (TPSA) is 32.3 Å². The molecule has 144 valence electrons. The highest BCUT2D eigenvalue weighted by atomic mass is 32.2. The van der Waals surface area contributed by atoms with Crippen molar-refractivity contribution in [2.24, 2.45) is 5.92 Å². The van der Waals surface area contributed by atoms with Crippen LogP contribution in [-0.4, -0.2) is 30.2 Å². The summed E-state index contributed by atoms with van der Waals surface area (Å²) in [6, 6.07) is 15.1. The Labute approximate surface area is 165 Å². The van der Waals surface area contributed by atoms with Gasteiger partial charge in [-0.1, -0.05) is 24.3 Å². The summed E-state index contributed by atoms with van der Waals surface area (Å²) in [5.74, 6) is 0.0302. The minimum atomic E-state index is -0.387. The molecule has 0 spiro atoms. The van der Waals surface area contributed by atoms with E-state index in [0.29, 0.717) is 12.3 Å². The van der Waals surface area contributed by atoms with Gasteiger partial charge in [0.2, 0.25) is 5.91 Å². The summed E-state index contributed by atoms with van der Waals surface area (Å²) in [7, 11) is 0. The van der Waals surface area contributed by atoms with E-state index >= 15 is 0 Å². The lowest BCUT2D eigenvalue weighted by molar-refractivity contribution is -0.116. The molecular formula is C22H27FN2OS. The van der Waals surface area contributed by atoms with Crippen LogP contribution in [0.5, 0.6) is 0 Å². The molecule has 27 heavy (non-hydrogen) atoms. The Morgan fingerprint density at radius 2 is 2.00 bits per heavy atom. The molecule has 1 aliphatic rings. The van der Waals surface area contributed by atoms with E-state index in [-0.39, 0.29) is 17.4 Å². The van der Waals surface area contributed by atoms with Gasteiger partial charge in [-0.15, -0.1) is 11.8 Å². The van der Waals surface area contributed by atoms with Crippen LogP contribution in [-0.2, 0) is 11.3 Å². The van der Waals surface area contributed by atoms with Gasteiger partial charge in [0.05, 0.1) is 5.69 Å². The summed E-state index contributed by atoms with van der Waals surface area (Å²) in [6.07, 6.45) is 5.71. The molecule has 1 fully saturated rings. The molecule has 0 radical (unpaired) electrons. The summed E-state index contributed by atoms with van der Waals surface area (Å²) in [5.41, 5.74) is 1.60. The first-order chi connectivity index (χ1) is 13.1. The van der Waals surface area contributed by atoms with Crippen LogP contribution in [0.15, 0.2) is 53.4 Å². The molecule has 1 N–H and O–H groups in total. The van der Waals surface area contributed by atoms with Gasteiger partial charge in [-0.3, -0.25) is 9.69 Å². The van der Waals surface area contributed by atoms with Crippen molar-refractivity contribution in [3.05, 3.63) is 59.9 Å². The van der Waals surface area contributed by atoms with Gasteiger partial charge in [0.1, 0.15) is 5.82 Å². The van der Waals surface area contributed by atoms with Crippen molar-refractivity contribution in [1.82, 2.24) is 4.90 Å². The first-order valence-electron chi connectivity index (χ1n) is 9.53. The van der Waals surface area contributed by atoms with E-state index < -0.39 is 0 Å². The predicted molar refractivity (Wildman–Crippen MR) is 110 cm³/mol. The van der Waals surface area contributed by atoms with Gasteiger partial charge in [0.15, 0.2) is 0 Å². The Bertz CT molecular complexity index is 750. The third-order valence-corrected chi connectivity index (χ3v) is 5.84. The lowest BCUT2D eigenvalue weighted by Crippen LogP contribution is -2.35. The van der Waals surface area contributed by atoms with Gasteiger partial charge in [-0.05, 0) is 67.8 Å². The number of hydrogen-bond donors (Lipinski definition) is 1. The predicted octanol–water partition coefficient (Wildman–Crippen LogP) is 5.18. The van der Waals surface area contributed by atoms with E-state index in [1.54, 1.807) is 30.0 Å². The standard InChI is InChI=1S/C22H27FN2OS/c1-27-19-11-8-18(9-12-19)16-25-14-4-5-17(15-25)10-13-22(26)24-21-7-3-2-6-20(21)23/h2-3,6-9,11-12,17H,4-5,10,13-16H2,1H3,(H,24,26)/t17-/m1/s1. The van der Waals surface area contributed by atoms with Crippen molar-refractivity contribution in [3.63, 3.8) is 0 Å². The number of carbonyl (C=O) groups excluding carboxylic acids is 1. The first-order valence-corrected chi connectivity index (χ1v) is 10.8. The zero-order valence-corrected chi connectivity index (χ0v) is 16.6. The molecule has 2 aromatic rings. The van der Waals surface area contributed by atoms with Gasteiger partial charge in [0.25, 0.3) is 0 Å². The van der Waals surface area contributed by atoms with Crippen LogP contribution < -0.4 is 5.32 Å². The summed E-state index contributed by atoms with van der Waals surface area (Å²) < 4.78 is 13.6. The van der Waals surface area contributed by atoms with Crippen LogP contribution >= 0.6 is 11.8 Å². The average molecular weight is 387 g/mol. The molecule has 1 atom stereocenters. The van der Waals surface area contributed by atoms with E-state index in [0.717, 1.165) is 32.5 Å². The van der Waals surface area contributed by atoms with Crippen LogP contribution in [0.2, 0.25) is 0 Å². The second-order valence-corrected chi connectivity index (χ2v) is 8.04. The van der Waals surface area contributed by atoms with Crippen molar-refractivity contribution < 1.29 is 9.18 Å². The highest BCUT2D eigenvalue weighted by Gasteiger charge is 2.21. The van der Waals surface area contributed by atoms with E-state index in [1.165, 1.54) is 22.9 Å². The van der Waals surface area contributed by atoms with Gasteiger partial charge < -0.3 is 5.32 Å². The van der Waals surface area contributed by atoms with Crippen molar-refractivity contribution in [3.8, 4) is 0 Å². The lowest BCUT2D eigenvalue weighted by Gasteiger charge is -2.32. The van der Waals surface area contributed by atoms with Gasteiger partial charge in [-0.25, -0.2) is 4.39 Å². The maximum absolute atomic E-state index is 13.6. The number of hydrogen-bond acceptors (Lipinski definition) is 3. The number of benzene rings is 2. The van der Waals surface area contributed by atoms with Crippen molar-refractivity contribution >= 4 is 23.4 Å². The number of likely N-dealkylation sites (tertiary alicyclic amines) is 1. The second-order valence-electron chi connectivity index (χ2n) is 7.16. The summed E-state index contributed by atoms with van der Waals surface area (Å²) in [5, 5.41) is 2.68. The average Bonchev–Trinajstić information content (AvgIpc) is 2.69. The minimum Gasteiger partial charge on any atom is -0.324 e. The zero-order valence-electron chi connectivity index (χ0n) is 15.8. The van der Waals surface area contributed by atoms with E-state index in [4.69, 9.17) is 0 Å². The number of nitrogens with one attached hydrogen (secondary N) is 1. The number of rotatable bonds is 7. The molecule has 0 bridgehead atoms. The fraction of sp³-hybridized carbons (Fsp3) is 0.409. The summed E-state index contributed by atoms with van der Waals surface area (Å²) in [6.45, 7) is 3.10. The first kappa shape index (κ1) is 19.9. The van der Waals surface area contributed by atoms with Crippen LogP contribution in [0, 0.1) is 11.7 Å². The molecule has 1 heterocycles. The Balaban J connectivity index is 1.45. The van der Waals surface area contributed by atoms with E-state index in [1.807, 2.05) is 0 Å². The SMILES string of the molecule is CSc1ccc(CN2CCC[C@H](CCC(=O)Nc3ccccc3F)C2)cc1. The van der Waals surface area contributed by atoms with Crippen LogP contribution in [0.1, 0.15) is 31.2 Å². The molecule has 0 unspecified atom stereocenters. The number of anilines is 1. The number of amides is 1. The number of halogens is 1. The molecule has 2 aromatic carbocycles. The zero-order chi connectivity index (χ0) is 19.1. The largest absolute Gasteiger partial charge is 0.324 e. The van der Waals surface area contributed by atoms with E-state index in [9.17, 15) is 9.18 Å². The maximum atomic E-state index is 13.6. The molecule has 3 rings (SSSR count). The summed E-state index contributed by atoms with van der Waals surface area (Å²) in [4.78, 5) is 15.9. The molecule has 1 saturated heterocycles.